The first-order valence-corrected chi connectivity index (χ1v) is 10.5. The molecule has 1 aliphatic rings. The van der Waals surface area contributed by atoms with Crippen molar-refractivity contribution in [2.45, 2.75) is 52.5 Å². The zero-order chi connectivity index (χ0) is 20.9. The van der Waals surface area contributed by atoms with E-state index in [0.29, 0.717) is 38.8 Å². The Hall–Kier alpha value is -2.69. The number of nitrogens with zero attached hydrogens (tertiary/aromatic N) is 2. The van der Waals surface area contributed by atoms with Gasteiger partial charge in [0, 0.05) is 43.5 Å². The summed E-state index contributed by atoms with van der Waals surface area (Å²) in [6.07, 6.45) is 6.16. The number of hydrogen-bond donors (Lipinski definition) is 1. The van der Waals surface area contributed by atoms with Gasteiger partial charge in [0.1, 0.15) is 0 Å². The van der Waals surface area contributed by atoms with Crippen LogP contribution < -0.4 is 5.32 Å². The minimum absolute atomic E-state index is 0.0863. The van der Waals surface area contributed by atoms with Crippen molar-refractivity contribution in [1.29, 1.82) is 0 Å². The summed E-state index contributed by atoms with van der Waals surface area (Å²) in [5, 5.41) is 3.14. The van der Waals surface area contributed by atoms with Crippen LogP contribution in [0.1, 0.15) is 45.6 Å². The van der Waals surface area contributed by atoms with Gasteiger partial charge in [-0.05, 0) is 50.3 Å². The molecule has 2 aromatic rings. The fraction of sp³-hybridized carbons (Fsp3) is 0.458. The van der Waals surface area contributed by atoms with E-state index in [1.807, 2.05) is 50.1 Å². The number of hydrogen-bond acceptors (Lipinski definition) is 3. The number of likely N-dealkylation sites (tertiary alicyclic amines) is 1. The molecule has 0 radical (unpaired) electrons. The molecule has 2 heterocycles. The summed E-state index contributed by atoms with van der Waals surface area (Å²) in [4.78, 5) is 31.6. The lowest BCUT2D eigenvalue weighted by Gasteiger charge is -2.41. The maximum atomic E-state index is 13.3. The predicted molar refractivity (Wildman–Crippen MR) is 115 cm³/mol. The summed E-state index contributed by atoms with van der Waals surface area (Å²) in [5.74, 6) is 0.260. The molecule has 29 heavy (non-hydrogen) atoms. The van der Waals surface area contributed by atoms with E-state index in [1.165, 1.54) is 0 Å². The van der Waals surface area contributed by atoms with Crippen molar-refractivity contribution in [2.75, 3.05) is 13.1 Å². The third-order valence-corrected chi connectivity index (χ3v) is 5.80. The van der Waals surface area contributed by atoms with Crippen molar-refractivity contribution in [2.24, 2.45) is 5.41 Å². The molecule has 1 saturated heterocycles. The predicted octanol–water partition coefficient (Wildman–Crippen LogP) is 3.83. The fourth-order valence-corrected chi connectivity index (χ4v) is 4.15. The maximum Gasteiger partial charge on any atom is 0.226 e. The molecule has 3 rings (SSSR count). The average molecular weight is 394 g/mol. The van der Waals surface area contributed by atoms with Crippen molar-refractivity contribution in [1.82, 2.24) is 15.2 Å². The second-order valence-corrected chi connectivity index (χ2v) is 8.22. The molecule has 0 saturated carbocycles. The van der Waals surface area contributed by atoms with Crippen molar-refractivity contribution < 1.29 is 9.59 Å². The van der Waals surface area contributed by atoms with Gasteiger partial charge in [0.05, 0.1) is 5.41 Å². The van der Waals surface area contributed by atoms with E-state index in [2.05, 4.69) is 28.5 Å². The van der Waals surface area contributed by atoms with Crippen molar-refractivity contribution in [3.63, 3.8) is 0 Å². The molecule has 5 heteroatoms. The van der Waals surface area contributed by atoms with Gasteiger partial charge >= 0.3 is 0 Å². The molecule has 2 amide bonds. The maximum absolute atomic E-state index is 13.3. The number of piperidine rings is 1. The lowest BCUT2D eigenvalue weighted by atomic mass is 9.72. The van der Waals surface area contributed by atoms with Crippen LogP contribution in [-0.2, 0) is 16.0 Å². The second-order valence-electron chi connectivity index (χ2n) is 8.22. The summed E-state index contributed by atoms with van der Waals surface area (Å²) in [6, 6.07) is 12.3. The first-order chi connectivity index (χ1) is 13.9. The number of carbonyl (C=O) groups excluding carboxylic acids is 2. The third kappa shape index (κ3) is 4.84. The van der Waals surface area contributed by atoms with Gasteiger partial charge in [-0.15, -0.1) is 0 Å². The van der Waals surface area contributed by atoms with Crippen LogP contribution in [0.4, 0.5) is 0 Å². The zero-order valence-electron chi connectivity index (χ0n) is 17.6. The van der Waals surface area contributed by atoms with Crippen LogP contribution in [0.2, 0.25) is 0 Å². The molecule has 1 aliphatic heterocycles. The molecular formula is C24H31N3O2. The van der Waals surface area contributed by atoms with E-state index in [4.69, 9.17) is 0 Å². The summed E-state index contributed by atoms with van der Waals surface area (Å²) in [5.41, 5.74) is 2.81. The molecular weight excluding hydrogens is 362 g/mol. The molecule has 154 valence electrons. The number of nitrogens with one attached hydrogen (secondary N) is 1. The Morgan fingerprint density at radius 1 is 1.14 bits per heavy atom. The van der Waals surface area contributed by atoms with Gasteiger partial charge in [0.2, 0.25) is 11.8 Å². The highest BCUT2D eigenvalue weighted by Gasteiger charge is 2.42. The largest absolute Gasteiger partial charge is 0.353 e. The Bertz CT molecular complexity index is 840. The Balaban J connectivity index is 1.91. The normalized spacial score (nSPS) is 15.9. The molecule has 1 N–H and O–H groups in total. The first-order valence-electron chi connectivity index (χ1n) is 10.5. The lowest BCUT2D eigenvalue weighted by Crippen LogP contribution is -2.52. The molecule has 0 atom stereocenters. The number of benzene rings is 1. The molecule has 0 spiro atoms. The molecule has 0 aliphatic carbocycles. The van der Waals surface area contributed by atoms with Crippen molar-refractivity contribution in [3.05, 3.63) is 54.4 Å². The Kier molecular flexibility index (Phi) is 6.68. The molecule has 1 aromatic heterocycles. The topological polar surface area (TPSA) is 62.3 Å². The van der Waals surface area contributed by atoms with Gasteiger partial charge < -0.3 is 10.2 Å². The highest BCUT2D eigenvalue weighted by Crippen LogP contribution is 2.38. The van der Waals surface area contributed by atoms with E-state index in [0.717, 1.165) is 16.7 Å². The van der Waals surface area contributed by atoms with Crippen LogP contribution in [0.25, 0.3) is 11.1 Å². The smallest absolute Gasteiger partial charge is 0.226 e. The van der Waals surface area contributed by atoms with Gasteiger partial charge in [-0.2, -0.15) is 0 Å². The van der Waals surface area contributed by atoms with E-state index in [1.54, 1.807) is 6.20 Å². The zero-order valence-corrected chi connectivity index (χ0v) is 17.6. The summed E-state index contributed by atoms with van der Waals surface area (Å²) < 4.78 is 0. The van der Waals surface area contributed by atoms with Gasteiger partial charge in [0.15, 0.2) is 0 Å². The van der Waals surface area contributed by atoms with Gasteiger partial charge in [-0.1, -0.05) is 37.3 Å². The lowest BCUT2D eigenvalue weighted by molar-refractivity contribution is -0.140. The fourth-order valence-electron chi connectivity index (χ4n) is 4.15. The average Bonchev–Trinajstić information content (AvgIpc) is 2.74. The van der Waals surface area contributed by atoms with E-state index in [-0.39, 0.29) is 17.9 Å². The number of pyridine rings is 1. The van der Waals surface area contributed by atoms with Crippen LogP contribution in [0.5, 0.6) is 0 Å². The quantitative estimate of drug-likeness (QED) is 0.811. The standard InChI is InChI=1S/C24H31N3O2/c1-4-22(28)27-14-11-24(12-15-27,23(29)26-18(2)3)16-19-8-5-6-10-21(19)20-9-7-13-25-17-20/h5-10,13,17-18H,4,11-12,14-16H2,1-3H3,(H,26,29). The van der Waals surface area contributed by atoms with E-state index in [9.17, 15) is 9.59 Å². The Morgan fingerprint density at radius 3 is 2.48 bits per heavy atom. The highest BCUT2D eigenvalue weighted by molar-refractivity contribution is 5.84. The van der Waals surface area contributed by atoms with Gasteiger partial charge in [0.25, 0.3) is 0 Å². The monoisotopic (exact) mass is 393 g/mol. The van der Waals surface area contributed by atoms with Crippen LogP contribution in [0.15, 0.2) is 48.8 Å². The van der Waals surface area contributed by atoms with Gasteiger partial charge in [-0.3, -0.25) is 14.6 Å². The Labute approximate surface area is 173 Å². The van der Waals surface area contributed by atoms with Crippen LogP contribution in [0.3, 0.4) is 0 Å². The Morgan fingerprint density at radius 2 is 1.86 bits per heavy atom. The van der Waals surface area contributed by atoms with Crippen LogP contribution in [0, 0.1) is 5.41 Å². The third-order valence-electron chi connectivity index (χ3n) is 5.80. The highest BCUT2D eigenvalue weighted by atomic mass is 16.2. The van der Waals surface area contributed by atoms with Gasteiger partial charge in [-0.25, -0.2) is 0 Å². The van der Waals surface area contributed by atoms with Crippen LogP contribution >= 0.6 is 0 Å². The molecule has 0 unspecified atom stereocenters. The van der Waals surface area contributed by atoms with E-state index >= 15 is 0 Å². The summed E-state index contributed by atoms with van der Waals surface area (Å²) >= 11 is 0. The molecule has 1 aromatic carbocycles. The molecule has 1 fully saturated rings. The van der Waals surface area contributed by atoms with E-state index < -0.39 is 5.41 Å². The SMILES string of the molecule is CCC(=O)N1CCC(Cc2ccccc2-c2cccnc2)(C(=O)NC(C)C)CC1. The summed E-state index contributed by atoms with van der Waals surface area (Å²) in [7, 11) is 0. The summed E-state index contributed by atoms with van der Waals surface area (Å²) in [6.45, 7) is 7.14. The number of amides is 2. The minimum Gasteiger partial charge on any atom is -0.353 e. The number of carbonyl (C=O) groups is 2. The van der Waals surface area contributed by atoms with Crippen molar-refractivity contribution in [3.8, 4) is 11.1 Å². The number of aromatic nitrogens is 1. The first kappa shape index (κ1) is 21.0. The second kappa shape index (κ2) is 9.21. The minimum atomic E-state index is -0.507. The van der Waals surface area contributed by atoms with Crippen molar-refractivity contribution >= 4 is 11.8 Å². The van der Waals surface area contributed by atoms with Crippen LogP contribution in [-0.4, -0.2) is 40.8 Å². The molecule has 5 nitrogen and oxygen atoms in total. The number of rotatable bonds is 6. The molecule has 0 bridgehead atoms.